The van der Waals surface area contributed by atoms with E-state index in [-0.39, 0.29) is 18.0 Å². The molecule has 7 heteroatoms. The molecule has 2 saturated heterocycles. The summed E-state index contributed by atoms with van der Waals surface area (Å²) in [7, 11) is 2.12. The molecule has 138 valence electrons. The van der Waals surface area contributed by atoms with Crippen molar-refractivity contribution in [3.8, 4) is 0 Å². The van der Waals surface area contributed by atoms with Gasteiger partial charge in [0, 0.05) is 25.3 Å². The fraction of sp³-hybridized carbons (Fsp3) is 0.350. The van der Waals surface area contributed by atoms with Gasteiger partial charge >= 0.3 is 6.03 Å². The Morgan fingerprint density at radius 1 is 1.11 bits per heavy atom. The molecule has 4 heterocycles. The van der Waals surface area contributed by atoms with Crippen LogP contribution in [0.1, 0.15) is 23.2 Å². The first-order valence-corrected chi connectivity index (χ1v) is 9.31. The average molecular weight is 363 g/mol. The minimum absolute atomic E-state index is 0.110. The van der Waals surface area contributed by atoms with Crippen molar-refractivity contribution < 1.29 is 9.59 Å². The number of likely N-dealkylation sites (tertiary alicyclic amines) is 2. The molecule has 3 amide bonds. The Labute approximate surface area is 157 Å². The standard InChI is InChI=1S/C20H21N5O2/c1-23-11-8-17-16(23)9-12-24(17)20(27)25-15-7-3-2-5-13(15)19(26)22-14-6-4-10-21-18(14)25/h2-7,10,16-17H,8-9,11-12H2,1H3,(H,22,26). The minimum atomic E-state index is -0.227. The normalized spacial score (nSPS) is 24.1. The third kappa shape index (κ3) is 2.42. The van der Waals surface area contributed by atoms with Gasteiger partial charge in [-0.1, -0.05) is 12.1 Å². The molecular formula is C20H21N5O2. The number of para-hydroxylation sites is 1. The highest BCUT2D eigenvalue weighted by molar-refractivity contribution is 6.16. The Morgan fingerprint density at radius 3 is 2.81 bits per heavy atom. The highest BCUT2D eigenvalue weighted by Gasteiger charge is 2.45. The number of pyridine rings is 1. The number of amides is 3. The molecule has 2 fully saturated rings. The van der Waals surface area contributed by atoms with E-state index in [1.54, 1.807) is 29.3 Å². The summed E-state index contributed by atoms with van der Waals surface area (Å²) >= 11 is 0. The molecule has 0 radical (unpaired) electrons. The van der Waals surface area contributed by atoms with E-state index in [0.29, 0.717) is 28.8 Å². The van der Waals surface area contributed by atoms with E-state index in [1.807, 2.05) is 23.1 Å². The summed E-state index contributed by atoms with van der Waals surface area (Å²) in [6.45, 7) is 1.73. The molecule has 2 unspecified atom stereocenters. The van der Waals surface area contributed by atoms with E-state index in [9.17, 15) is 9.59 Å². The lowest BCUT2D eigenvalue weighted by Gasteiger charge is -2.31. The number of likely N-dealkylation sites (N-methyl/N-ethyl adjacent to an activating group) is 1. The lowest BCUT2D eigenvalue weighted by atomic mass is 10.1. The molecule has 5 rings (SSSR count). The van der Waals surface area contributed by atoms with Crippen LogP contribution in [0.15, 0.2) is 42.6 Å². The monoisotopic (exact) mass is 363 g/mol. The Bertz CT molecular complexity index is 930. The zero-order valence-electron chi connectivity index (χ0n) is 15.1. The number of fused-ring (bicyclic) bond motifs is 3. The third-order valence-electron chi connectivity index (χ3n) is 5.93. The lowest BCUT2D eigenvalue weighted by Crippen LogP contribution is -2.45. The van der Waals surface area contributed by atoms with E-state index in [0.717, 1.165) is 25.9 Å². The van der Waals surface area contributed by atoms with Crippen LogP contribution in [0.25, 0.3) is 0 Å². The quantitative estimate of drug-likeness (QED) is 0.781. The third-order valence-corrected chi connectivity index (χ3v) is 5.93. The van der Waals surface area contributed by atoms with Crippen LogP contribution in [-0.2, 0) is 0 Å². The van der Waals surface area contributed by atoms with Gasteiger partial charge in [0.1, 0.15) is 0 Å². The summed E-state index contributed by atoms with van der Waals surface area (Å²) in [5.41, 5.74) is 1.60. The van der Waals surface area contributed by atoms with Gasteiger partial charge in [-0.15, -0.1) is 0 Å². The van der Waals surface area contributed by atoms with E-state index >= 15 is 0 Å². The fourth-order valence-electron chi connectivity index (χ4n) is 4.60. The number of aromatic nitrogens is 1. The summed E-state index contributed by atoms with van der Waals surface area (Å²) in [4.78, 5) is 36.7. The van der Waals surface area contributed by atoms with Gasteiger partial charge in [0.25, 0.3) is 5.91 Å². The maximum Gasteiger partial charge on any atom is 0.330 e. The molecule has 0 saturated carbocycles. The molecule has 1 aromatic carbocycles. The van der Waals surface area contributed by atoms with Crippen molar-refractivity contribution >= 4 is 29.1 Å². The zero-order chi connectivity index (χ0) is 18.5. The molecule has 3 aliphatic heterocycles. The van der Waals surface area contributed by atoms with Gasteiger partial charge in [-0.05, 0) is 44.2 Å². The number of carbonyl (C=O) groups excluding carboxylic acids is 2. The number of rotatable bonds is 0. The predicted octanol–water partition coefficient (Wildman–Crippen LogP) is 2.68. The van der Waals surface area contributed by atoms with Gasteiger partial charge in [0.2, 0.25) is 0 Å². The van der Waals surface area contributed by atoms with Crippen LogP contribution >= 0.6 is 0 Å². The molecule has 27 heavy (non-hydrogen) atoms. The molecule has 0 spiro atoms. The van der Waals surface area contributed by atoms with Gasteiger partial charge in [-0.3, -0.25) is 4.79 Å². The Kier molecular flexibility index (Phi) is 3.65. The fourth-order valence-corrected chi connectivity index (χ4v) is 4.60. The first-order valence-electron chi connectivity index (χ1n) is 9.31. The number of hydrogen-bond acceptors (Lipinski definition) is 4. The van der Waals surface area contributed by atoms with E-state index in [1.165, 1.54) is 0 Å². The topological polar surface area (TPSA) is 68.8 Å². The smallest absolute Gasteiger partial charge is 0.319 e. The second-order valence-corrected chi connectivity index (χ2v) is 7.35. The number of benzene rings is 1. The van der Waals surface area contributed by atoms with Crippen LogP contribution in [0.3, 0.4) is 0 Å². The van der Waals surface area contributed by atoms with Crippen LogP contribution in [0, 0.1) is 0 Å². The molecular weight excluding hydrogens is 342 g/mol. The van der Waals surface area contributed by atoms with Crippen molar-refractivity contribution in [3.63, 3.8) is 0 Å². The van der Waals surface area contributed by atoms with Crippen LogP contribution in [0.5, 0.6) is 0 Å². The molecule has 2 aromatic rings. The summed E-state index contributed by atoms with van der Waals surface area (Å²) < 4.78 is 0. The number of nitrogens with one attached hydrogen (secondary N) is 1. The summed E-state index contributed by atoms with van der Waals surface area (Å²) in [5.74, 6) is 0.241. The van der Waals surface area contributed by atoms with Crippen molar-refractivity contribution in [3.05, 3.63) is 48.2 Å². The zero-order valence-corrected chi connectivity index (χ0v) is 15.1. The number of nitrogens with zero attached hydrogens (tertiary/aromatic N) is 4. The van der Waals surface area contributed by atoms with Crippen LogP contribution in [0.2, 0.25) is 0 Å². The SMILES string of the molecule is CN1CCC2C1CCN2C(=O)N1c2ccccc2C(=O)Nc2cccnc21. The maximum absolute atomic E-state index is 13.7. The molecule has 0 bridgehead atoms. The summed E-state index contributed by atoms with van der Waals surface area (Å²) in [6, 6.07) is 11.3. The van der Waals surface area contributed by atoms with Crippen molar-refractivity contribution in [2.75, 3.05) is 30.4 Å². The van der Waals surface area contributed by atoms with Crippen molar-refractivity contribution in [1.29, 1.82) is 0 Å². The van der Waals surface area contributed by atoms with E-state index in [4.69, 9.17) is 0 Å². The van der Waals surface area contributed by atoms with Crippen LogP contribution < -0.4 is 10.2 Å². The molecule has 2 atom stereocenters. The van der Waals surface area contributed by atoms with E-state index in [2.05, 4.69) is 22.2 Å². The van der Waals surface area contributed by atoms with Crippen molar-refractivity contribution in [2.45, 2.75) is 24.9 Å². The Hall–Kier alpha value is -2.93. The van der Waals surface area contributed by atoms with Gasteiger partial charge in [0.05, 0.1) is 23.0 Å². The van der Waals surface area contributed by atoms with Gasteiger partial charge in [-0.2, -0.15) is 0 Å². The second kappa shape index (κ2) is 6.06. The first-order chi connectivity index (χ1) is 13.1. The van der Waals surface area contributed by atoms with Gasteiger partial charge in [-0.25, -0.2) is 14.7 Å². The molecule has 1 N–H and O–H groups in total. The van der Waals surface area contributed by atoms with Crippen LogP contribution in [0.4, 0.5) is 22.0 Å². The first kappa shape index (κ1) is 16.3. The molecule has 1 aromatic heterocycles. The van der Waals surface area contributed by atoms with Gasteiger partial charge < -0.3 is 15.1 Å². The molecule has 0 aliphatic carbocycles. The van der Waals surface area contributed by atoms with Crippen molar-refractivity contribution in [1.82, 2.24) is 14.8 Å². The number of hydrogen-bond donors (Lipinski definition) is 1. The number of carbonyl (C=O) groups is 2. The van der Waals surface area contributed by atoms with Gasteiger partial charge in [0.15, 0.2) is 5.82 Å². The van der Waals surface area contributed by atoms with E-state index < -0.39 is 0 Å². The second-order valence-electron chi connectivity index (χ2n) is 7.35. The summed E-state index contributed by atoms with van der Waals surface area (Å²) in [5, 5.41) is 2.89. The molecule has 7 nitrogen and oxygen atoms in total. The van der Waals surface area contributed by atoms with Crippen LogP contribution in [-0.4, -0.2) is 58.9 Å². The Balaban J connectivity index is 1.62. The summed E-state index contributed by atoms with van der Waals surface area (Å²) in [6.07, 6.45) is 3.61. The molecule has 3 aliphatic rings. The number of anilines is 3. The minimum Gasteiger partial charge on any atom is -0.319 e. The lowest BCUT2D eigenvalue weighted by molar-refractivity contribution is 0.102. The predicted molar refractivity (Wildman–Crippen MR) is 102 cm³/mol. The largest absolute Gasteiger partial charge is 0.330 e. The van der Waals surface area contributed by atoms with Crippen molar-refractivity contribution in [2.24, 2.45) is 0 Å². The highest BCUT2D eigenvalue weighted by Crippen LogP contribution is 2.39. The Morgan fingerprint density at radius 2 is 1.93 bits per heavy atom. The maximum atomic E-state index is 13.7. The number of urea groups is 1. The average Bonchev–Trinajstić information content (AvgIpc) is 3.23. The highest BCUT2D eigenvalue weighted by atomic mass is 16.2.